The van der Waals surface area contributed by atoms with E-state index < -0.39 is 0 Å². The first-order valence-electron chi connectivity index (χ1n) is 20.3. The van der Waals surface area contributed by atoms with Crippen molar-refractivity contribution in [2.45, 2.75) is 32.6 Å². The van der Waals surface area contributed by atoms with Crippen LogP contribution < -0.4 is 36.1 Å². The first-order valence-corrected chi connectivity index (χ1v) is 20.3. The van der Waals surface area contributed by atoms with Gasteiger partial charge in [-0.05, 0) is 96.9 Å². The summed E-state index contributed by atoms with van der Waals surface area (Å²) in [6.45, 7) is 11.6. The van der Waals surface area contributed by atoms with E-state index in [1.165, 1.54) is 5.56 Å². The Morgan fingerprint density at radius 3 is 1.71 bits per heavy atom. The number of hydrogen-bond donors (Lipinski definition) is 6. The van der Waals surface area contributed by atoms with Gasteiger partial charge in [0.2, 0.25) is 0 Å². The summed E-state index contributed by atoms with van der Waals surface area (Å²) < 4.78 is 13.2. The van der Waals surface area contributed by atoms with Crippen molar-refractivity contribution in [3.8, 4) is 28.7 Å². The van der Waals surface area contributed by atoms with E-state index in [0.717, 1.165) is 50.5 Å². The maximum absolute atomic E-state index is 12.6. The van der Waals surface area contributed by atoms with Gasteiger partial charge in [-0.2, -0.15) is 10.2 Å². The lowest BCUT2D eigenvalue weighted by molar-refractivity contribution is 0.244. The number of urea groups is 2. The lowest BCUT2D eigenvalue weighted by Crippen LogP contribution is -2.44. The van der Waals surface area contributed by atoms with Gasteiger partial charge in [-0.1, -0.05) is 32.9 Å². The van der Waals surface area contributed by atoms with Crippen LogP contribution in [-0.4, -0.2) is 79.6 Å². The van der Waals surface area contributed by atoms with Gasteiger partial charge in [-0.25, -0.2) is 14.3 Å². The second-order valence-electron chi connectivity index (χ2n) is 15.3. The quantitative estimate of drug-likeness (QED) is 0.0695. The van der Waals surface area contributed by atoms with E-state index in [9.17, 15) is 9.59 Å². The molecule has 62 heavy (non-hydrogen) atoms. The summed E-state index contributed by atoms with van der Waals surface area (Å²) in [7, 11) is 0. The monoisotopic (exact) mass is 834 g/mol. The van der Waals surface area contributed by atoms with Crippen LogP contribution in [0.2, 0.25) is 0 Å². The SMILES string of the molecule is CC(C)(C)c1cc(NC(=O)Nc2ccc(Oc3ccncc3)cc2)n[nH]1.O=C(Nc1ccc(Oc2ccncc2)cc1)Nc1ccnn1-c1ccc(CCN2CCNCC2)cc1. The molecule has 8 rings (SSSR count). The molecule has 1 fully saturated rings. The van der Waals surface area contributed by atoms with Gasteiger partial charge in [0.25, 0.3) is 0 Å². The maximum atomic E-state index is 12.6. The molecule has 3 aromatic carbocycles. The van der Waals surface area contributed by atoms with Gasteiger partial charge in [0, 0.05) is 92.1 Å². The fraction of sp³-hybridized carbons (Fsp3) is 0.217. The number of benzene rings is 3. The first-order chi connectivity index (χ1) is 30.1. The Labute approximate surface area is 360 Å². The molecule has 318 valence electrons. The van der Waals surface area contributed by atoms with Gasteiger partial charge >= 0.3 is 12.1 Å². The Morgan fingerprint density at radius 1 is 0.645 bits per heavy atom. The van der Waals surface area contributed by atoms with Gasteiger partial charge in [-0.15, -0.1) is 0 Å². The lowest BCUT2D eigenvalue weighted by atomic mass is 9.92. The standard InChI is InChI=1S/C27H29N7O2.C19H21N5O2/c35-27(31-22-3-7-24(8-4-22)36-25-9-13-28-14-10-25)32-26-11-15-30-34(26)23-5-1-21(2-6-23)12-18-33-19-16-29-17-20-33;1-19(2,3)16-12-17(24-23-16)22-18(25)21-13-4-6-14(7-5-13)26-15-8-10-20-11-9-15/h1-11,13-15,29H,12,16-20H2,(H2,31,32,35);4-12H,1-3H3,(H3,21,22,23,24,25). The number of piperazine rings is 1. The zero-order chi connectivity index (χ0) is 43.2. The Morgan fingerprint density at radius 2 is 1.18 bits per heavy atom. The van der Waals surface area contributed by atoms with E-state index in [-0.39, 0.29) is 17.5 Å². The highest BCUT2D eigenvalue weighted by molar-refractivity contribution is 6.00. The van der Waals surface area contributed by atoms with Gasteiger partial charge in [-0.3, -0.25) is 25.7 Å². The molecule has 0 spiro atoms. The second-order valence-corrected chi connectivity index (χ2v) is 15.3. The molecule has 0 radical (unpaired) electrons. The molecular formula is C46H50N12O4. The zero-order valence-electron chi connectivity index (χ0n) is 34.8. The van der Waals surface area contributed by atoms with Crippen molar-refractivity contribution >= 4 is 35.1 Å². The van der Waals surface area contributed by atoms with Crippen LogP contribution in [0.3, 0.4) is 0 Å². The molecule has 1 saturated heterocycles. The largest absolute Gasteiger partial charge is 0.457 e. The molecular weight excluding hydrogens is 785 g/mol. The topological polar surface area (TPSA) is 188 Å². The molecule has 1 aliphatic rings. The van der Waals surface area contributed by atoms with Crippen LogP contribution >= 0.6 is 0 Å². The third kappa shape index (κ3) is 12.7. The Bertz CT molecular complexity index is 2460. The number of carbonyl (C=O) groups excluding carboxylic acids is 2. The number of rotatable bonds is 12. The minimum absolute atomic E-state index is 0.0615. The number of amides is 4. The Hall–Kier alpha value is -7.56. The van der Waals surface area contributed by atoms with E-state index in [4.69, 9.17) is 9.47 Å². The van der Waals surface area contributed by atoms with Crippen LogP contribution in [-0.2, 0) is 11.8 Å². The average Bonchev–Trinajstić information content (AvgIpc) is 3.96. The molecule has 0 bridgehead atoms. The first kappa shape index (κ1) is 42.6. The minimum Gasteiger partial charge on any atom is -0.457 e. The molecule has 0 saturated carbocycles. The number of aromatic amines is 1. The summed E-state index contributed by atoms with van der Waals surface area (Å²) in [6.07, 6.45) is 9.34. The van der Waals surface area contributed by atoms with Gasteiger partial charge in [0.1, 0.15) is 28.8 Å². The van der Waals surface area contributed by atoms with E-state index >= 15 is 0 Å². The molecule has 5 heterocycles. The van der Waals surface area contributed by atoms with Crippen molar-refractivity contribution in [2.24, 2.45) is 0 Å². The minimum atomic E-state index is -0.361. The molecule has 0 aliphatic carbocycles. The van der Waals surface area contributed by atoms with Crippen molar-refractivity contribution in [3.63, 3.8) is 0 Å². The molecule has 6 N–H and O–H groups in total. The summed E-state index contributed by atoms with van der Waals surface area (Å²) in [5.41, 5.74) is 4.36. The normalized spacial score (nSPS) is 12.6. The summed E-state index contributed by atoms with van der Waals surface area (Å²) in [4.78, 5) is 35.1. The van der Waals surface area contributed by atoms with Crippen molar-refractivity contribution in [2.75, 3.05) is 54.0 Å². The number of pyridine rings is 2. The predicted octanol–water partition coefficient (Wildman–Crippen LogP) is 8.69. The van der Waals surface area contributed by atoms with Crippen LogP contribution in [0.1, 0.15) is 32.0 Å². The summed E-state index contributed by atoms with van der Waals surface area (Å²) >= 11 is 0. The lowest BCUT2D eigenvalue weighted by Gasteiger charge is -2.27. The fourth-order valence-corrected chi connectivity index (χ4v) is 6.25. The highest BCUT2D eigenvalue weighted by Crippen LogP contribution is 2.25. The number of aromatic nitrogens is 6. The number of H-pyrrole nitrogens is 1. The van der Waals surface area contributed by atoms with E-state index in [1.54, 1.807) is 115 Å². The Kier molecular flexibility index (Phi) is 14.1. The van der Waals surface area contributed by atoms with Crippen molar-refractivity contribution in [1.29, 1.82) is 0 Å². The molecule has 16 nitrogen and oxygen atoms in total. The van der Waals surface area contributed by atoms with Crippen LogP contribution in [0, 0.1) is 0 Å². The number of nitrogens with one attached hydrogen (secondary N) is 6. The number of carbonyl (C=O) groups is 2. The highest BCUT2D eigenvalue weighted by Gasteiger charge is 2.18. The van der Waals surface area contributed by atoms with E-state index in [2.05, 4.69) is 89.7 Å². The van der Waals surface area contributed by atoms with E-state index in [0.29, 0.717) is 46.0 Å². The predicted molar refractivity (Wildman–Crippen MR) is 241 cm³/mol. The summed E-state index contributed by atoms with van der Waals surface area (Å²) in [5, 5.41) is 26.0. The zero-order valence-corrected chi connectivity index (χ0v) is 34.8. The molecule has 0 unspecified atom stereocenters. The fourth-order valence-electron chi connectivity index (χ4n) is 6.25. The number of nitrogens with zero attached hydrogens (tertiary/aromatic N) is 6. The van der Waals surface area contributed by atoms with Crippen LogP contribution in [0.4, 0.5) is 32.6 Å². The molecule has 16 heteroatoms. The van der Waals surface area contributed by atoms with Crippen molar-refractivity contribution < 1.29 is 19.1 Å². The number of hydrogen-bond acceptors (Lipinski definition) is 10. The molecule has 7 aromatic rings. The third-order valence-corrected chi connectivity index (χ3v) is 9.61. The van der Waals surface area contributed by atoms with Crippen molar-refractivity contribution in [1.82, 2.24) is 40.2 Å². The number of anilines is 4. The van der Waals surface area contributed by atoms with Crippen LogP contribution in [0.25, 0.3) is 5.69 Å². The van der Waals surface area contributed by atoms with Gasteiger partial charge in [0.05, 0.1) is 11.9 Å². The second kappa shape index (κ2) is 20.6. The maximum Gasteiger partial charge on any atom is 0.324 e. The molecule has 4 aromatic heterocycles. The Balaban J connectivity index is 0.000000197. The summed E-state index contributed by atoms with van der Waals surface area (Å²) in [5.74, 6) is 3.80. The summed E-state index contributed by atoms with van der Waals surface area (Å²) in [6, 6.07) is 32.5. The smallest absolute Gasteiger partial charge is 0.324 e. The average molecular weight is 835 g/mol. The molecule has 4 amide bonds. The van der Waals surface area contributed by atoms with Gasteiger partial charge < -0.3 is 30.3 Å². The third-order valence-electron chi connectivity index (χ3n) is 9.61. The van der Waals surface area contributed by atoms with Crippen molar-refractivity contribution in [3.05, 3.63) is 151 Å². The van der Waals surface area contributed by atoms with Crippen LogP contribution in [0.5, 0.6) is 23.0 Å². The number of ether oxygens (including phenoxy) is 2. The molecule has 0 atom stereocenters. The highest BCUT2D eigenvalue weighted by atomic mass is 16.5. The molecule has 1 aliphatic heterocycles. The van der Waals surface area contributed by atoms with Gasteiger partial charge in [0.15, 0.2) is 5.82 Å². The van der Waals surface area contributed by atoms with E-state index in [1.807, 2.05) is 18.2 Å². The van der Waals surface area contributed by atoms with Crippen LogP contribution in [0.15, 0.2) is 140 Å².